The Morgan fingerprint density at radius 1 is 1.24 bits per heavy atom. The third-order valence-corrected chi connectivity index (χ3v) is 2.09. The second kappa shape index (κ2) is 5.28. The molecule has 3 amide bonds. The lowest BCUT2D eigenvalue weighted by Crippen LogP contribution is -2.33. The first-order chi connectivity index (χ1) is 7.91. The molecule has 0 aromatic heterocycles. The van der Waals surface area contributed by atoms with Crippen molar-refractivity contribution in [1.29, 1.82) is 0 Å². The third-order valence-electron chi connectivity index (χ3n) is 2.09. The van der Waals surface area contributed by atoms with Crippen LogP contribution in [0.5, 0.6) is 0 Å². The Morgan fingerprint density at radius 2 is 1.88 bits per heavy atom. The van der Waals surface area contributed by atoms with Gasteiger partial charge in [-0.2, -0.15) is 0 Å². The van der Waals surface area contributed by atoms with Crippen LogP contribution in [-0.4, -0.2) is 28.3 Å². The second-order valence-electron chi connectivity index (χ2n) is 3.41. The number of rotatable bonds is 4. The first-order valence-corrected chi connectivity index (χ1v) is 4.73. The van der Waals surface area contributed by atoms with Crippen LogP contribution >= 0.6 is 0 Å². The van der Waals surface area contributed by atoms with E-state index >= 15 is 0 Å². The summed E-state index contributed by atoms with van der Waals surface area (Å²) in [6.07, 6.45) is -3.17. The van der Waals surface area contributed by atoms with E-state index in [2.05, 4.69) is 5.32 Å². The van der Waals surface area contributed by atoms with Crippen molar-refractivity contribution in [2.24, 2.45) is 11.5 Å². The number of carbonyl (C=O) groups is 2. The van der Waals surface area contributed by atoms with Crippen LogP contribution in [0.2, 0.25) is 0 Å². The van der Waals surface area contributed by atoms with Crippen molar-refractivity contribution in [1.82, 2.24) is 0 Å². The molecule has 0 saturated carbocycles. The molecule has 0 heterocycles. The van der Waals surface area contributed by atoms with Crippen LogP contribution in [0.1, 0.15) is 11.7 Å². The summed E-state index contributed by atoms with van der Waals surface area (Å²) >= 11 is 0. The maximum absolute atomic E-state index is 10.7. The average Bonchev–Trinajstić information content (AvgIpc) is 2.26. The molecule has 0 aliphatic carbocycles. The SMILES string of the molecule is NC(=O)Nc1cccc(C(O)C(O)C(N)=O)c1. The Balaban J connectivity index is 2.91. The molecule has 92 valence electrons. The van der Waals surface area contributed by atoms with Gasteiger partial charge in [0.15, 0.2) is 6.10 Å². The van der Waals surface area contributed by atoms with Crippen LogP contribution in [0.15, 0.2) is 24.3 Å². The number of primary amides is 2. The summed E-state index contributed by atoms with van der Waals surface area (Å²) in [4.78, 5) is 21.3. The van der Waals surface area contributed by atoms with Gasteiger partial charge in [-0.3, -0.25) is 4.79 Å². The standard InChI is InChI=1S/C10H13N3O4/c11-9(16)8(15)7(14)5-2-1-3-6(4-5)13-10(12)17/h1-4,7-8,14-15H,(H2,11,16)(H3,12,13,17). The van der Waals surface area contributed by atoms with E-state index in [-0.39, 0.29) is 5.56 Å². The first kappa shape index (κ1) is 12.9. The average molecular weight is 239 g/mol. The van der Waals surface area contributed by atoms with Gasteiger partial charge in [-0.25, -0.2) is 4.79 Å². The molecule has 7 heteroatoms. The summed E-state index contributed by atoms with van der Waals surface area (Å²) in [5, 5.41) is 21.2. The molecule has 0 saturated heterocycles. The maximum atomic E-state index is 10.7. The number of urea groups is 1. The number of benzene rings is 1. The van der Waals surface area contributed by atoms with Gasteiger partial charge in [-0.1, -0.05) is 12.1 Å². The number of aliphatic hydroxyl groups is 2. The quantitative estimate of drug-likeness (QED) is 0.462. The number of amides is 3. The maximum Gasteiger partial charge on any atom is 0.316 e. The van der Waals surface area contributed by atoms with Crippen LogP contribution in [0, 0.1) is 0 Å². The number of hydrogen-bond acceptors (Lipinski definition) is 4. The van der Waals surface area contributed by atoms with Crippen molar-refractivity contribution >= 4 is 17.6 Å². The van der Waals surface area contributed by atoms with Crippen LogP contribution < -0.4 is 16.8 Å². The van der Waals surface area contributed by atoms with Gasteiger partial charge in [0.2, 0.25) is 5.91 Å². The smallest absolute Gasteiger partial charge is 0.316 e. The highest BCUT2D eigenvalue weighted by molar-refractivity contribution is 5.87. The normalized spacial score (nSPS) is 13.8. The van der Waals surface area contributed by atoms with Gasteiger partial charge >= 0.3 is 6.03 Å². The zero-order valence-corrected chi connectivity index (χ0v) is 8.83. The van der Waals surface area contributed by atoms with Crippen LogP contribution in [0.25, 0.3) is 0 Å². The Bertz CT molecular complexity index is 435. The van der Waals surface area contributed by atoms with Gasteiger partial charge in [-0.05, 0) is 17.7 Å². The molecule has 0 radical (unpaired) electrons. The Kier molecular flexibility index (Phi) is 4.02. The number of nitrogens with two attached hydrogens (primary N) is 2. The lowest BCUT2D eigenvalue weighted by molar-refractivity contribution is -0.131. The lowest BCUT2D eigenvalue weighted by Gasteiger charge is -2.15. The van der Waals surface area contributed by atoms with E-state index in [4.69, 9.17) is 11.5 Å². The van der Waals surface area contributed by atoms with Crippen molar-refractivity contribution in [3.05, 3.63) is 29.8 Å². The molecule has 7 nitrogen and oxygen atoms in total. The van der Waals surface area contributed by atoms with E-state index in [9.17, 15) is 19.8 Å². The van der Waals surface area contributed by atoms with Gasteiger partial charge in [0.1, 0.15) is 6.10 Å². The van der Waals surface area contributed by atoms with E-state index in [1.54, 1.807) is 0 Å². The first-order valence-electron chi connectivity index (χ1n) is 4.73. The summed E-state index contributed by atoms with van der Waals surface area (Å²) < 4.78 is 0. The fourth-order valence-corrected chi connectivity index (χ4v) is 1.28. The van der Waals surface area contributed by atoms with Gasteiger partial charge in [0.05, 0.1) is 0 Å². The third kappa shape index (κ3) is 3.44. The number of anilines is 1. The molecule has 7 N–H and O–H groups in total. The molecule has 1 rings (SSSR count). The fraction of sp³-hybridized carbons (Fsp3) is 0.200. The molecule has 17 heavy (non-hydrogen) atoms. The highest BCUT2D eigenvalue weighted by atomic mass is 16.3. The fourth-order valence-electron chi connectivity index (χ4n) is 1.28. The summed E-state index contributed by atoms with van der Waals surface area (Å²) in [6, 6.07) is 5.16. The highest BCUT2D eigenvalue weighted by Crippen LogP contribution is 2.20. The van der Waals surface area contributed by atoms with E-state index < -0.39 is 24.1 Å². The molecule has 2 unspecified atom stereocenters. The van der Waals surface area contributed by atoms with Gasteiger partial charge in [-0.15, -0.1) is 0 Å². The predicted molar refractivity (Wildman–Crippen MR) is 59.8 cm³/mol. The van der Waals surface area contributed by atoms with Crippen molar-refractivity contribution in [3.63, 3.8) is 0 Å². The molecule has 0 bridgehead atoms. The molecule has 1 aromatic carbocycles. The number of nitrogens with one attached hydrogen (secondary N) is 1. The summed E-state index contributed by atoms with van der Waals surface area (Å²) in [7, 11) is 0. The molecule has 0 aliphatic heterocycles. The van der Waals surface area contributed by atoms with Crippen LogP contribution in [-0.2, 0) is 4.79 Å². The van der Waals surface area contributed by atoms with Gasteiger partial charge in [0.25, 0.3) is 0 Å². The Hall–Kier alpha value is -2.12. The molecule has 2 atom stereocenters. The minimum absolute atomic E-state index is 0.238. The molecule has 0 fully saturated rings. The zero-order chi connectivity index (χ0) is 13.0. The zero-order valence-electron chi connectivity index (χ0n) is 8.83. The van der Waals surface area contributed by atoms with E-state index in [1.807, 2.05) is 0 Å². The number of hydrogen-bond donors (Lipinski definition) is 5. The lowest BCUT2D eigenvalue weighted by atomic mass is 10.0. The van der Waals surface area contributed by atoms with Crippen molar-refractivity contribution in [2.45, 2.75) is 12.2 Å². The Morgan fingerprint density at radius 3 is 2.41 bits per heavy atom. The molecule has 0 spiro atoms. The van der Waals surface area contributed by atoms with Crippen LogP contribution in [0.4, 0.5) is 10.5 Å². The summed E-state index contributed by atoms with van der Waals surface area (Å²) in [6.45, 7) is 0. The minimum Gasteiger partial charge on any atom is -0.385 e. The molecular weight excluding hydrogens is 226 g/mol. The summed E-state index contributed by atoms with van der Waals surface area (Å²) in [5.41, 5.74) is 10.4. The number of aliphatic hydroxyl groups excluding tert-OH is 2. The van der Waals surface area contributed by atoms with Crippen molar-refractivity contribution < 1.29 is 19.8 Å². The molecular formula is C10H13N3O4. The highest BCUT2D eigenvalue weighted by Gasteiger charge is 2.23. The van der Waals surface area contributed by atoms with Crippen molar-refractivity contribution in [2.75, 3.05) is 5.32 Å². The Labute approximate surface area is 97.0 Å². The molecule has 0 aliphatic rings. The van der Waals surface area contributed by atoms with Crippen molar-refractivity contribution in [3.8, 4) is 0 Å². The largest absolute Gasteiger partial charge is 0.385 e. The van der Waals surface area contributed by atoms with E-state index in [1.165, 1.54) is 24.3 Å². The van der Waals surface area contributed by atoms with E-state index in [0.717, 1.165) is 0 Å². The second-order valence-corrected chi connectivity index (χ2v) is 3.41. The van der Waals surface area contributed by atoms with Gasteiger partial charge in [0, 0.05) is 5.69 Å². The topological polar surface area (TPSA) is 139 Å². The molecule has 1 aromatic rings. The monoisotopic (exact) mass is 239 g/mol. The number of carbonyl (C=O) groups excluding carboxylic acids is 2. The van der Waals surface area contributed by atoms with Gasteiger partial charge < -0.3 is 27.0 Å². The predicted octanol–water partition coefficient (Wildman–Crippen LogP) is -0.943. The van der Waals surface area contributed by atoms with E-state index in [0.29, 0.717) is 5.69 Å². The summed E-state index contributed by atoms with van der Waals surface area (Å²) in [5.74, 6) is -1.04. The van der Waals surface area contributed by atoms with Crippen LogP contribution in [0.3, 0.4) is 0 Å². The minimum atomic E-state index is -1.71.